The molecule has 2 aromatic heterocycles. The number of benzene rings is 1. The summed E-state index contributed by atoms with van der Waals surface area (Å²) in [6.07, 6.45) is 0. The molecule has 4 rings (SSSR count). The van der Waals surface area contributed by atoms with Crippen molar-refractivity contribution in [2.75, 3.05) is 7.05 Å². The zero-order valence-electron chi connectivity index (χ0n) is 18.2. The molecule has 0 saturated heterocycles. The molecule has 3 amide bonds. The van der Waals surface area contributed by atoms with E-state index < -0.39 is 5.54 Å². The topological polar surface area (TPSA) is 96.3 Å². The average Bonchev–Trinajstić information content (AvgIpc) is 3.45. The first-order valence-corrected chi connectivity index (χ1v) is 11.2. The maximum atomic E-state index is 13.1. The molecule has 3 aromatic rings. The monoisotopic (exact) mass is 451 g/mol. The highest BCUT2D eigenvalue weighted by Crippen LogP contribution is 2.26. The lowest BCUT2D eigenvalue weighted by atomic mass is 9.95. The van der Waals surface area contributed by atoms with Crippen LogP contribution in [0.1, 0.15) is 43.9 Å². The third-order valence-electron chi connectivity index (χ3n) is 5.80. The van der Waals surface area contributed by atoms with Gasteiger partial charge in [-0.2, -0.15) is 5.10 Å². The van der Waals surface area contributed by atoms with E-state index in [-0.39, 0.29) is 35.7 Å². The maximum Gasteiger partial charge on any atom is 0.272 e. The molecule has 0 spiro atoms. The molecular weight excluding hydrogens is 426 g/mol. The van der Waals surface area contributed by atoms with Gasteiger partial charge in [0.05, 0.1) is 13.1 Å². The summed E-state index contributed by atoms with van der Waals surface area (Å²) < 4.78 is 1.45. The maximum absolute atomic E-state index is 13.1. The van der Waals surface area contributed by atoms with Gasteiger partial charge >= 0.3 is 0 Å². The minimum atomic E-state index is -1.13. The SMILES string of the molecule is Cc1ccc(CNC(=O)C2(C)Cn3nc(C(=O)NCc4cccs4)cc3C(=O)N2C)cc1. The molecule has 1 unspecified atom stereocenters. The van der Waals surface area contributed by atoms with Gasteiger partial charge in [-0.15, -0.1) is 11.3 Å². The number of thiophene rings is 1. The zero-order valence-corrected chi connectivity index (χ0v) is 19.0. The number of hydrogen-bond acceptors (Lipinski definition) is 5. The third-order valence-corrected chi connectivity index (χ3v) is 6.68. The third kappa shape index (κ3) is 4.16. The average molecular weight is 452 g/mol. The summed E-state index contributed by atoms with van der Waals surface area (Å²) in [7, 11) is 1.60. The number of aromatic nitrogens is 2. The molecule has 0 saturated carbocycles. The smallest absolute Gasteiger partial charge is 0.272 e. The normalized spacial score (nSPS) is 17.7. The number of nitrogens with zero attached hydrogens (tertiary/aromatic N) is 3. The highest BCUT2D eigenvalue weighted by atomic mass is 32.1. The first-order valence-electron chi connectivity index (χ1n) is 10.3. The Labute approximate surface area is 190 Å². The fourth-order valence-electron chi connectivity index (χ4n) is 3.59. The molecule has 0 fully saturated rings. The molecule has 166 valence electrons. The molecule has 1 aliphatic heterocycles. The van der Waals surface area contributed by atoms with Gasteiger partial charge in [-0.25, -0.2) is 0 Å². The number of likely N-dealkylation sites (N-methyl/N-ethyl adjacent to an activating group) is 1. The van der Waals surface area contributed by atoms with E-state index in [1.54, 1.807) is 25.3 Å². The Hall–Kier alpha value is -3.46. The van der Waals surface area contributed by atoms with Gasteiger partial charge in [0.1, 0.15) is 11.2 Å². The van der Waals surface area contributed by atoms with Crippen LogP contribution in [0.15, 0.2) is 47.8 Å². The van der Waals surface area contributed by atoms with Gasteiger partial charge < -0.3 is 15.5 Å². The van der Waals surface area contributed by atoms with Crippen molar-refractivity contribution < 1.29 is 14.4 Å². The summed E-state index contributed by atoms with van der Waals surface area (Å²) in [6, 6.07) is 13.2. The number of nitrogens with one attached hydrogen (secondary N) is 2. The van der Waals surface area contributed by atoms with Crippen molar-refractivity contribution in [2.45, 2.75) is 39.0 Å². The Morgan fingerprint density at radius 1 is 1.16 bits per heavy atom. The highest BCUT2D eigenvalue weighted by Gasteiger charge is 2.46. The second kappa shape index (κ2) is 8.58. The number of fused-ring (bicyclic) bond motifs is 1. The van der Waals surface area contributed by atoms with Crippen molar-refractivity contribution in [1.29, 1.82) is 0 Å². The molecule has 9 heteroatoms. The predicted molar refractivity (Wildman–Crippen MR) is 121 cm³/mol. The Balaban J connectivity index is 1.47. The molecule has 1 atom stereocenters. The number of amides is 3. The number of aryl methyl sites for hydroxylation is 1. The summed E-state index contributed by atoms with van der Waals surface area (Å²) in [5, 5.41) is 12.0. The Bertz CT molecular complexity index is 1150. The summed E-state index contributed by atoms with van der Waals surface area (Å²) in [5.74, 6) is -0.992. The number of carbonyl (C=O) groups is 3. The van der Waals surface area contributed by atoms with Gasteiger partial charge in [0.15, 0.2) is 5.69 Å². The molecule has 0 radical (unpaired) electrons. The summed E-state index contributed by atoms with van der Waals surface area (Å²) in [5.41, 5.74) is 1.43. The minimum absolute atomic E-state index is 0.155. The van der Waals surface area contributed by atoms with E-state index in [9.17, 15) is 14.4 Å². The van der Waals surface area contributed by atoms with Crippen LogP contribution >= 0.6 is 11.3 Å². The van der Waals surface area contributed by atoms with Gasteiger partial charge in [-0.3, -0.25) is 19.1 Å². The summed E-state index contributed by atoms with van der Waals surface area (Å²) in [6.45, 7) is 4.62. The lowest BCUT2D eigenvalue weighted by Gasteiger charge is -2.40. The Morgan fingerprint density at radius 3 is 2.59 bits per heavy atom. The first-order chi connectivity index (χ1) is 15.3. The van der Waals surface area contributed by atoms with Crippen molar-refractivity contribution in [2.24, 2.45) is 0 Å². The molecule has 1 aliphatic rings. The van der Waals surface area contributed by atoms with Crippen LogP contribution in [0.4, 0.5) is 0 Å². The van der Waals surface area contributed by atoms with E-state index >= 15 is 0 Å². The molecular formula is C23H25N5O3S. The highest BCUT2D eigenvalue weighted by molar-refractivity contribution is 7.09. The quantitative estimate of drug-likeness (QED) is 0.601. The van der Waals surface area contributed by atoms with E-state index in [1.807, 2.05) is 48.7 Å². The molecule has 8 nitrogen and oxygen atoms in total. The Morgan fingerprint density at radius 2 is 1.91 bits per heavy atom. The van der Waals surface area contributed by atoms with Gasteiger partial charge in [0.2, 0.25) is 5.91 Å². The van der Waals surface area contributed by atoms with Crippen LogP contribution in [0.25, 0.3) is 0 Å². The van der Waals surface area contributed by atoms with Crippen LogP contribution in [-0.4, -0.2) is 45.0 Å². The summed E-state index contributed by atoms with van der Waals surface area (Å²) >= 11 is 1.55. The van der Waals surface area contributed by atoms with E-state index in [0.717, 1.165) is 16.0 Å². The van der Waals surface area contributed by atoms with Crippen LogP contribution in [-0.2, 0) is 24.4 Å². The molecule has 3 heterocycles. The number of rotatable bonds is 6. The lowest BCUT2D eigenvalue weighted by molar-refractivity contribution is -0.132. The van der Waals surface area contributed by atoms with Gasteiger partial charge in [-0.05, 0) is 30.9 Å². The largest absolute Gasteiger partial charge is 0.350 e. The molecule has 32 heavy (non-hydrogen) atoms. The summed E-state index contributed by atoms with van der Waals surface area (Å²) in [4.78, 5) is 41.0. The lowest BCUT2D eigenvalue weighted by Crippen LogP contribution is -2.62. The molecule has 0 aliphatic carbocycles. The van der Waals surface area contributed by atoms with E-state index in [0.29, 0.717) is 13.1 Å². The predicted octanol–water partition coefficient (Wildman–Crippen LogP) is 2.34. The van der Waals surface area contributed by atoms with Gasteiger partial charge in [0.25, 0.3) is 11.8 Å². The van der Waals surface area contributed by atoms with E-state index in [4.69, 9.17) is 0 Å². The first kappa shape index (κ1) is 21.8. The van der Waals surface area contributed by atoms with E-state index in [1.165, 1.54) is 15.6 Å². The fraction of sp³-hybridized carbons (Fsp3) is 0.304. The van der Waals surface area contributed by atoms with Crippen molar-refractivity contribution in [3.8, 4) is 0 Å². The molecule has 2 N–H and O–H groups in total. The van der Waals surface area contributed by atoms with Crippen molar-refractivity contribution in [3.05, 3.63) is 75.2 Å². The second-order valence-electron chi connectivity index (χ2n) is 8.14. The Kier molecular flexibility index (Phi) is 5.84. The fourth-order valence-corrected chi connectivity index (χ4v) is 4.23. The van der Waals surface area contributed by atoms with Crippen LogP contribution in [0.5, 0.6) is 0 Å². The number of carbonyl (C=O) groups excluding carboxylic acids is 3. The molecule has 0 bridgehead atoms. The van der Waals surface area contributed by atoms with Crippen molar-refractivity contribution in [3.63, 3.8) is 0 Å². The van der Waals surface area contributed by atoms with Crippen molar-refractivity contribution >= 4 is 29.1 Å². The number of hydrogen-bond donors (Lipinski definition) is 2. The van der Waals surface area contributed by atoms with Gasteiger partial charge in [-0.1, -0.05) is 35.9 Å². The standard InChI is InChI=1S/C23H25N5O3S/c1-15-6-8-16(9-7-15)12-25-22(31)23(2)14-28-19(21(30)27(23)3)11-18(26-28)20(29)24-13-17-5-4-10-32-17/h4-11H,12-14H2,1-3H3,(H,24,29)(H,25,31). The van der Waals surface area contributed by atoms with Crippen molar-refractivity contribution in [1.82, 2.24) is 25.3 Å². The van der Waals surface area contributed by atoms with E-state index in [2.05, 4.69) is 15.7 Å². The van der Waals surface area contributed by atoms with Gasteiger partial charge in [0, 0.05) is 24.5 Å². The van der Waals surface area contributed by atoms with Crippen LogP contribution in [0, 0.1) is 6.92 Å². The van der Waals surface area contributed by atoms with Crippen LogP contribution < -0.4 is 10.6 Å². The zero-order chi connectivity index (χ0) is 22.9. The minimum Gasteiger partial charge on any atom is -0.350 e. The second-order valence-corrected chi connectivity index (χ2v) is 9.17. The molecule has 1 aromatic carbocycles. The van der Waals surface area contributed by atoms with Crippen LogP contribution in [0.3, 0.4) is 0 Å². The van der Waals surface area contributed by atoms with Crippen LogP contribution in [0.2, 0.25) is 0 Å².